The Morgan fingerprint density at radius 2 is 2.00 bits per heavy atom. The van der Waals surface area contributed by atoms with E-state index in [4.69, 9.17) is 40.2 Å². The zero-order valence-electron chi connectivity index (χ0n) is 19.1. The molecule has 0 aliphatic rings. The quantitative estimate of drug-likeness (QED) is 0.107. The van der Waals surface area contributed by atoms with Gasteiger partial charge in [0.05, 0.1) is 28.4 Å². The molecule has 2 aromatic heterocycles. The molecule has 0 bridgehead atoms. The Hall–Kier alpha value is -2.84. The third-order valence-corrected chi connectivity index (χ3v) is 8.07. The van der Waals surface area contributed by atoms with E-state index < -0.39 is 11.1 Å². The summed E-state index contributed by atoms with van der Waals surface area (Å²) in [5, 5.41) is 10.3. The van der Waals surface area contributed by atoms with E-state index in [9.17, 15) is 14.0 Å². The topological polar surface area (TPSA) is 111 Å². The number of ether oxygens (including phenoxy) is 1. The number of thioether (sulfide) groups is 1. The molecule has 2 N–H and O–H groups in total. The third-order valence-electron chi connectivity index (χ3n) is 4.87. The summed E-state index contributed by atoms with van der Waals surface area (Å²) in [7, 11) is 1.31. The minimum atomic E-state index is -0.607. The largest absolute Gasteiger partial charge is 0.468 e. The van der Waals surface area contributed by atoms with Crippen molar-refractivity contribution in [3.8, 4) is 0 Å². The number of halogens is 3. The zero-order chi connectivity index (χ0) is 26.7. The molecule has 0 spiro atoms. The minimum Gasteiger partial charge on any atom is -0.468 e. The van der Waals surface area contributed by atoms with Crippen LogP contribution >= 0.6 is 58.5 Å². The maximum Gasteiger partial charge on any atom is 0.318 e. The van der Waals surface area contributed by atoms with Crippen LogP contribution in [0.1, 0.15) is 6.92 Å². The number of nitrogens with one attached hydrogen (secondary N) is 2. The maximum absolute atomic E-state index is 14.4. The van der Waals surface area contributed by atoms with Gasteiger partial charge < -0.3 is 15.4 Å². The molecule has 15 heteroatoms. The molecule has 1 unspecified atom stereocenters. The summed E-state index contributed by atoms with van der Waals surface area (Å²) in [5.74, 6) is -1.06. The number of esters is 1. The van der Waals surface area contributed by atoms with E-state index in [0.717, 1.165) is 6.07 Å². The molecule has 0 fully saturated rings. The van der Waals surface area contributed by atoms with Gasteiger partial charge in [-0.3, -0.25) is 9.59 Å². The minimum absolute atomic E-state index is 0.0805. The normalized spacial score (nSPS) is 11.8. The van der Waals surface area contributed by atoms with Crippen molar-refractivity contribution in [2.24, 2.45) is 0 Å². The summed E-state index contributed by atoms with van der Waals surface area (Å²) in [6, 6.07) is 7.49. The highest BCUT2D eigenvalue weighted by atomic mass is 35.5. The maximum atomic E-state index is 14.4. The Bertz CT molecular complexity index is 1560. The van der Waals surface area contributed by atoms with Gasteiger partial charge in [-0.15, -0.1) is 0 Å². The van der Waals surface area contributed by atoms with Crippen LogP contribution in [0.4, 0.5) is 21.6 Å². The Kier molecular flexibility index (Phi) is 8.60. The van der Waals surface area contributed by atoms with Crippen LogP contribution in [0.2, 0.25) is 10.0 Å². The molecule has 4 rings (SSSR count). The molecule has 0 saturated heterocycles. The number of nitrogens with zero attached hydrogens (tertiary/aromatic N) is 4. The van der Waals surface area contributed by atoms with Crippen LogP contribution in [0.5, 0.6) is 0 Å². The van der Waals surface area contributed by atoms with Crippen molar-refractivity contribution < 1.29 is 18.7 Å². The molecule has 4 aromatic rings. The van der Waals surface area contributed by atoms with Crippen molar-refractivity contribution in [3.05, 3.63) is 56.5 Å². The molecule has 37 heavy (non-hydrogen) atoms. The van der Waals surface area contributed by atoms with Gasteiger partial charge in [0.1, 0.15) is 29.8 Å². The lowest BCUT2D eigenvalue weighted by molar-refractivity contribution is -0.139. The van der Waals surface area contributed by atoms with E-state index in [1.165, 1.54) is 47.3 Å². The molecule has 2 aromatic carbocycles. The number of benzene rings is 2. The Balaban J connectivity index is 1.51. The lowest BCUT2D eigenvalue weighted by atomic mass is 10.2. The van der Waals surface area contributed by atoms with Crippen molar-refractivity contribution in [3.63, 3.8) is 0 Å². The number of carbonyl (C=O) groups is 2. The van der Waals surface area contributed by atoms with Gasteiger partial charge in [0.2, 0.25) is 5.91 Å². The molecular formula is C22H17Cl2FN6O3S3. The summed E-state index contributed by atoms with van der Waals surface area (Å²) < 4.78 is 21.4. The zero-order valence-corrected chi connectivity index (χ0v) is 23.1. The highest BCUT2D eigenvalue weighted by Crippen LogP contribution is 2.32. The van der Waals surface area contributed by atoms with Gasteiger partial charge in [0, 0.05) is 11.1 Å². The molecule has 0 aliphatic heterocycles. The fourth-order valence-corrected chi connectivity index (χ4v) is 5.93. The van der Waals surface area contributed by atoms with Crippen LogP contribution in [-0.2, 0) is 20.9 Å². The average Bonchev–Trinajstić information content (AvgIpc) is 3.20. The number of hydrogen-bond donors (Lipinski definition) is 2. The molecule has 0 aliphatic carbocycles. The Morgan fingerprint density at radius 1 is 1.24 bits per heavy atom. The van der Waals surface area contributed by atoms with E-state index in [1.54, 1.807) is 25.1 Å². The molecule has 0 saturated carbocycles. The van der Waals surface area contributed by atoms with Crippen molar-refractivity contribution in [1.82, 2.24) is 19.7 Å². The molecule has 9 nitrogen and oxygen atoms in total. The molecule has 2 heterocycles. The van der Waals surface area contributed by atoms with Gasteiger partial charge in [-0.05, 0) is 49.5 Å². The highest BCUT2D eigenvalue weighted by molar-refractivity contribution is 8.02. The third kappa shape index (κ3) is 6.54. The number of amides is 1. The van der Waals surface area contributed by atoms with Gasteiger partial charge in [0.25, 0.3) is 0 Å². The van der Waals surface area contributed by atoms with Gasteiger partial charge in [-0.25, -0.2) is 19.0 Å². The van der Waals surface area contributed by atoms with Gasteiger partial charge in [-0.2, -0.15) is 5.10 Å². The first-order chi connectivity index (χ1) is 17.6. The first kappa shape index (κ1) is 27.2. The van der Waals surface area contributed by atoms with Crippen LogP contribution in [0.25, 0.3) is 10.9 Å². The number of aromatic nitrogens is 4. The number of rotatable bonds is 8. The summed E-state index contributed by atoms with van der Waals surface area (Å²) in [4.78, 5) is 32.8. The molecule has 192 valence electrons. The van der Waals surface area contributed by atoms with Gasteiger partial charge in [0.15, 0.2) is 8.29 Å². The lowest BCUT2D eigenvalue weighted by Crippen LogP contribution is -2.19. The lowest BCUT2D eigenvalue weighted by Gasteiger charge is -2.12. The van der Waals surface area contributed by atoms with E-state index in [1.807, 2.05) is 0 Å². The van der Waals surface area contributed by atoms with Crippen molar-refractivity contribution >= 4 is 98.5 Å². The average molecular weight is 600 g/mol. The summed E-state index contributed by atoms with van der Waals surface area (Å²) in [6.07, 6.45) is 1.33. The predicted octanol–water partition coefficient (Wildman–Crippen LogP) is 6.10. The highest BCUT2D eigenvalue weighted by Gasteiger charge is 2.18. The van der Waals surface area contributed by atoms with E-state index >= 15 is 0 Å². The number of anilines is 3. The SMILES string of the molecule is COC(=O)C(C)Sc1nn(CC(=O)Nc2ccc3ncnc(Nc4cc(Cl)c(Cl)cc4F)c3c2)c(=S)s1. The predicted molar refractivity (Wildman–Crippen MR) is 146 cm³/mol. The monoisotopic (exact) mass is 598 g/mol. The fourth-order valence-electron chi connectivity index (χ4n) is 3.12. The van der Waals surface area contributed by atoms with E-state index in [-0.39, 0.29) is 34.2 Å². The molecular weight excluding hydrogens is 582 g/mol. The number of carbonyl (C=O) groups excluding carboxylic acids is 2. The summed E-state index contributed by atoms with van der Waals surface area (Å²) in [6.45, 7) is 1.56. The Morgan fingerprint density at radius 3 is 2.76 bits per heavy atom. The summed E-state index contributed by atoms with van der Waals surface area (Å²) in [5.41, 5.74) is 1.11. The van der Waals surface area contributed by atoms with Crippen LogP contribution < -0.4 is 10.6 Å². The molecule has 1 amide bonds. The molecule has 1 atom stereocenters. The second-order valence-electron chi connectivity index (χ2n) is 7.45. The number of fused-ring (bicyclic) bond motifs is 1. The van der Waals surface area contributed by atoms with Crippen molar-refractivity contribution in [1.29, 1.82) is 0 Å². The molecule has 0 radical (unpaired) electrons. The smallest absolute Gasteiger partial charge is 0.318 e. The first-order valence-corrected chi connectivity index (χ1v) is 13.3. The van der Waals surface area contributed by atoms with Crippen molar-refractivity contribution in [2.75, 3.05) is 17.7 Å². The number of methoxy groups -OCH3 is 1. The van der Waals surface area contributed by atoms with Crippen LogP contribution in [0.3, 0.4) is 0 Å². The van der Waals surface area contributed by atoms with Crippen LogP contribution in [0.15, 0.2) is 41.0 Å². The van der Waals surface area contributed by atoms with Gasteiger partial charge in [-0.1, -0.05) is 46.3 Å². The van der Waals surface area contributed by atoms with E-state index in [2.05, 4.69) is 25.7 Å². The standard InChI is InChI=1S/C22H17Cl2FN6O3S3/c1-10(20(33)34-2)36-21-30-31(22(35)37-21)8-18(32)28-11-3-4-16-12(5-11)19(27-9-26-16)29-17-7-14(24)13(23)6-15(17)25/h3-7,9-10H,8H2,1-2H3,(H,28,32)(H,26,27,29). The van der Waals surface area contributed by atoms with Crippen LogP contribution in [0, 0.1) is 9.77 Å². The van der Waals surface area contributed by atoms with Gasteiger partial charge >= 0.3 is 5.97 Å². The second kappa shape index (κ2) is 11.7. The second-order valence-corrected chi connectivity index (χ2v) is 11.5. The summed E-state index contributed by atoms with van der Waals surface area (Å²) >= 11 is 19.6. The first-order valence-electron chi connectivity index (χ1n) is 10.4. The number of hydrogen-bond acceptors (Lipinski definition) is 10. The van der Waals surface area contributed by atoms with Crippen LogP contribution in [-0.4, -0.2) is 44.0 Å². The Labute approximate surface area is 233 Å². The van der Waals surface area contributed by atoms with Crippen molar-refractivity contribution in [2.45, 2.75) is 23.1 Å². The van der Waals surface area contributed by atoms with E-state index in [0.29, 0.717) is 30.7 Å². The fraction of sp³-hybridized carbons (Fsp3) is 0.182.